The van der Waals surface area contributed by atoms with Crippen LogP contribution in [0.25, 0.3) is 0 Å². The topological polar surface area (TPSA) is 25.2 Å². The summed E-state index contributed by atoms with van der Waals surface area (Å²) >= 11 is 12.0. The fraction of sp³-hybridized carbons (Fsp3) is 0.286. The number of halogens is 2. The van der Waals surface area contributed by atoms with Gasteiger partial charge in [0, 0.05) is 29.0 Å². The van der Waals surface area contributed by atoms with Crippen molar-refractivity contribution in [3.8, 4) is 0 Å². The van der Waals surface area contributed by atoms with E-state index in [2.05, 4.69) is 0 Å². The molecule has 2 nitrogen and oxygen atoms in total. The second-order valence-corrected chi connectivity index (χ2v) is 5.12. The van der Waals surface area contributed by atoms with E-state index in [9.17, 15) is 5.11 Å². The molecule has 96 valence electrons. The van der Waals surface area contributed by atoms with Crippen molar-refractivity contribution in [3.63, 3.8) is 0 Å². The van der Waals surface area contributed by atoms with Crippen molar-refractivity contribution >= 4 is 23.2 Å². The Bertz CT molecular complexity index is 536. The molecular formula is C14H15Cl2NO. The second kappa shape index (κ2) is 5.79. The molecule has 0 radical (unpaired) electrons. The lowest BCUT2D eigenvalue weighted by Gasteiger charge is -2.07. The van der Waals surface area contributed by atoms with Crippen molar-refractivity contribution in [3.05, 3.63) is 57.8 Å². The molecule has 2 aromatic rings. The zero-order valence-corrected chi connectivity index (χ0v) is 11.6. The predicted octanol–water partition coefficient (Wildman–Crippen LogP) is 4.29. The molecule has 0 amide bonds. The van der Waals surface area contributed by atoms with Crippen LogP contribution in [0.2, 0.25) is 10.0 Å². The Morgan fingerprint density at radius 1 is 1.28 bits per heavy atom. The van der Waals surface area contributed by atoms with Gasteiger partial charge in [-0.2, -0.15) is 0 Å². The third-order valence-corrected chi connectivity index (χ3v) is 3.50. The largest absolute Gasteiger partial charge is 0.388 e. The molecule has 0 saturated carbocycles. The molecule has 0 aliphatic heterocycles. The maximum absolute atomic E-state index is 9.74. The molecule has 1 heterocycles. The van der Waals surface area contributed by atoms with Crippen LogP contribution in [0.1, 0.15) is 30.6 Å². The van der Waals surface area contributed by atoms with Gasteiger partial charge in [0.05, 0.1) is 6.10 Å². The Kier molecular flexibility index (Phi) is 4.33. The molecule has 0 aliphatic rings. The Hall–Kier alpha value is -0.960. The van der Waals surface area contributed by atoms with E-state index < -0.39 is 6.10 Å². The van der Waals surface area contributed by atoms with Crippen molar-refractivity contribution in [2.24, 2.45) is 0 Å². The van der Waals surface area contributed by atoms with E-state index in [0.29, 0.717) is 23.0 Å². The standard InChI is InChI=1S/C14H15Cl2NO/c1-2-14(18)11-5-6-17(9-11)8-10-3-4-12(15)7-13(10)16/h3-7,9,14,18H,2,8H2,1H3. The highest BCUT2D eigenvalue weighted by molar-refractivity contribution is 6.35. The summed E-state index contributed by atoms with van der Waals surface area (Å²) in [5.74, 6) is 0. The van der Waals surface area contributed by atoms with E-state index in [1.807, 2.05) is 42.1 Å². The van der Waals surface area contributed by atoms with Crippen LogP contribution in [0.4, 0.5) is 0 Å². The maximum Gasteiger partial charge on any atom is 0.0802 e. The number of nitrogens with zero attached hydrogens (tertiary/aromatic N) is 1. The van der Waals surface area contributed by atoms with Crippen LogP contribution in [0.3, 0.4) is 0 Å². The first-order chi connectivity index (χ1) is 8.60. The third-order valence-electron chi connectivity index (χ3n) is 2.91. The van der Waals surface area contributed by atoms with Crippen molar-refractivity contribution < 1.29 is 5.11 Å². The molecule has 1 unspecified atom stereocenters. The molecule has 18 heavy (non-hydrogen) atoms. The molecule has 0 fully saturated rings. The molecule has 2 rings (SSSR count). The Balaban J connectivity index is 2.16. The summed E-state index contributed by atoms with van der Waals surface area (Å²) in [7, 11) is 0. The first kappa shape index (κ1) is 13.5. The molecule has 0 spiro atoms. The monoisotopic (exact) mass is 283 g/mol. The van der Waals surface area contributed by atoms with Crippen LogP contribution in [-0.4, -0.2) is 9.67 Å². The van der Waals surface area contributed by atoms with Crippen molar-refractivity contribution in [2.45, 2.75) is 26.0 Å². The van der Waals surface area contributed by atoms with E-state index in [0.717, 1.165) is 11.1 Å². The highest BCUT2D eigenvalue weighted by Crippen LogP contribution is 2.23. The molecule has 1 aromatic heterocycles. The van der Waals surface area contributed by atoms with Gasteiger partial charge in [-0.05, 0) is 35.7 Å². The predicted molar refractivity (Wildman–Crippen MR) is 75.2 cm³/mol. The van der Waals surface area contributed by atoms with Gasteiger partial charge in [0.1, 0.15) is 0 Å². The number of aliphatic hydroxyl groups excluding tert-OH is 1. The molecule has 0 saturated heterocycles. The van der Waals surface area contributed by atoms with Gasteiger partial charge >= 0.3 is 0 Å². The van der Waals surface area contributed by atoms with Gasteiger partial charge in [0.15, 0.2) is 0 Å². The summed E-state index contributed by atoms with van der Waals surface area (Å²) in [5, 5.41) is 11.0. The lowest BCUT2D eigenvalue weighted by molar-refractivity contribution is 0.173. The van der Waals surface area contributed by atoms with Gasteiger partial charge in [0.25, 0.3) is 0 Å². The van der Waals surface area contributed by atoms with Crippen LogP contribution in [0.15, 0.2) is 36.7 Å². The first-order valence-electron chi connectivity index (χ1n) is 5.88. The lowest BCUT2D eigenvalue weighted by atomic mass is 10.1. The fourth-order valence-electron chi connectivity index (χ4n) is 1.84. The van der Waals surface area contributed by atoms with Gasteiger partial charge in [-0.1, -0.05) is 36.2 Å². The summed E-state index contributed by atoms with van der Waals surface area (Å²) in [4.78, 5) is 0. The van der Waals surface area contributed by atoms with Crippen LogP contribution in [-0.2, 0) is 6.54 Å². The summed E-state index contributed by atoms with van der Waals surface area (Å²) in [5.41, 5.74) is 1.94. The fourth-order valence-corrected chi connectivity index (χ4v) is 2.31. The van der Waals surface area contributed by atoms with E-state index in [-0.39, 0.29) is 0 Å². The molecule has 4 heteroatoms. The van der Waals surface area contributed by atoms with E-state index in [4.69, 9.17) is 23.2 Å². The molecule has 1 atom stereocenters. The van der Waals surface area contributed by atoms with Gasteiger partial charge in [-0.25, -0.2) is 0 Å². The van der Waals surface area contributed by atoms with Crippen molar-refractivity contribution in [1.29, 1.82) is 0 Å². The Morgan fingerprint density at radius 3 is 2.72 bits per heavy atom. The van der Waals surface area contributed by atoms with Gasteiger partial charge < -0.3 is 9.67 Å². The average molecular weight is 284 g/mol. The van der Waals surface area contributed by atoms with Gasteiger partial charge in [-0.3, -0.25) is 0 Å². The van der Waals surface area contributed by atoms with E-state index in [1.54, 1.807) is 6.07 Å². The van der Waals surface area contributed by atoms with Crippen molar-refractivity contribution in [2.75, 3.05) is 0 Å². The quantitative estimate of drug-likeness (QED) is 0.890. The normalized spacial score (nSPS) is 12.7. The van der Waals surface area contributed by atoms with Crippen molar-refractivity contribution in [1.82, 2.24) is 4.57 Å². The zero-order valence-electron chi connectivity index (χ0n) is 10.1. The summed E-state index contributed by atoms with van der Waals surface area (Å²) in [6, 6.07) is 7.41. The SMILES string of the molecule is CCC(O)c1ccn(Cc2ccc(Cl)cc2Cl)c1. The maximum atomic E-state index is 9.74. The molecule has 1 N–H and O–H groups in total. The molecule has 0 aliphatic carbocycles. The number of hydrogen-bond donors (Lipinski definition) is 1. The van der Waals surface area contributed by atoms with Crippen LogP contribution < -0.4 is 0 Å². The lowest BCUT2D eigenvalue weighted by Crippen LogP contribution is -1.98. The zero-order chi connectivity index (χ0) is 13.1. The summed E-state index contributed by atoms with van der Waals surface area (Å²) in [6.45, 7) is 2.63. The Morgan fingerprint density at radius 2 is 2.06 bits per heavy atom. The van der Waals surface area contributed by atoms with E-state index >= 15 is 0 Å². The molecular weight excluding hydrogens is 269 g/mol. The minimum absolute atomic E-state index is 0.396. The van der Waals surface area contributed by atoms with Crippen LogP contribution in [0, 0.1) is 0 Å². The Labute approximate surface area is 117 Å². The van der Waals surface area contributed by atoms with Gasteiger partial charge in [-0.15, -0.1) is 0 Å². The second-order valence-electron chi connectivity index (χ2n) is 4.28. The minimum Gasteiger partial charge on any atom is -0.388 e. The number of hydrogen-bond acceptors (Lipinski definition) is 1. The number of aromatic nitrogens is 1. The molecule has 0 bridgehead atoms. The summed E-state index contributed by atoms with van der Waals surface area (Å²) < 4.78 is 2.00. The van der Waals surface area contributed by atoms with E-state index in [1.165, 1.54) is 0 Å². The number of aliphatic hydroxyl groups is 1. The number of rotatable bonds is 4. The van der Waals surface area contributed by atoms with Crippen LogP contribution >= 0.6 is 23.2 Å². The van der Waals surface area contributed by atoms with Crippen LogP contribution in [0.5, 0.6) is 0 Å². The highest BCUT2D eigenvalue weighted by atomic mass is 35.5. The minimum atomic E-state index is -0.396. The highest BCUT2D eigenvalue weighted by Gasteiger charge is 2.07. The smallest absolute Gasteiger partial charge is 0.0802 e. The summed E-state index contributed by atoms with van der Waals surface area (Å²) in [6.07, 6.45) is 4.20. The van der Waals surface area contributed by atoms with Gasteiger partial charge in [0.2, 0.25) is 0 Å². The first-order valence-corrected chi connectivity index (χ1v) is 6.63. The molecule has 1 aromatic carbocycles. The third kappa shape index (κ3) is 3.08. The number of benzene rings is 1. The average Bonchev–Trinajstić information content (AvgIpc) is 2.80.